The molecule has 0 aliphatic carbocycles. The molecule has 0 unspecified atom stereocenters. The molecule has 1 aromatic carbocycles. The van der Waals surface area contributed by atoms with Gasteiger partial charge in [-0.25, -0.2) is 14.3 Å². The van der Waals surface area contributed by atoms with Gasteiger partial charge in [-0.1, -0.05) is 26.8 Å². The number of amides is 2. The second kappa shape index (κ2) is 9.32. The lowest BCUT2D eigenvalue weighted by atomic mass is 9.95. The van der Waals surface area contributed by atoms with Crippen LogP contribution in [-0.2, 0) is 11.0 Å². The van der Waals surface area contributed by atoms with Crippen molar-refractivity contribution in [3.05, 3.63) is 42.1 Å². The number of piperidine rings is 1. The highest BCUT2D eigenvalue weighted by molar-refractivity contribution is 5.96. The van der Waals surface area contributed by atoms with Crippen LogP contribution in [0.5, 0.6) is 0 Å². The quantitative estimate of drug-likeness (QED) is 0.478. The number of carboxylic acid groups (broad SMARTS) is 1. The average Bonchev–Trinajstić information content (AvgIpc) is 3.21. The van der Waals surface area contributed by atoms with Crippen molar-refractivity contribution in [2.24, 2.45) is 5.41 Å². The average molecular weight is 505 g/mol. The number of hydrogen-bond acceptors (Lipinski definition) is 5. The number of imidazole rings is 1. The molecule has 1 fully saturated rings. The standard InChI is InChI=1S/C24H27F3N6O3/c1-23(2,3)21(34)30-17-12-14(4-5-16(17)24(25,26)27)18-13-33-19(29-18)6-7-20(31-33)32-10-8-15(9-11-32)28-22(35)36/h4-7,12-13,15,28H,8-11H2,1-3H3,(H,30,34)(H,35,36). The van der Waals surface area contributed by atoms with Crippen LogP contribution in [0.4, 0.5) is 29.5 Å². The number of carbonyl (C=O) groups is 2. The molecule has 0 bridgehead atoms. The van der Waals surface area contributed by atoms with Crippen LogP contribution in [0.2, 0.25) is 0 Å². The summed E-state index contributed by atoms with van der Waals surface area (Å²) in [6.07, 6.45) is -2.76. The van der Waals surface area contributed by atoms with E-state index in [-0.39, 0.29) is 11.7 Å². The monoisotopic (exact) mass is 504 g/mol. The van der Waals surface area contributed by atoms with Crippen molar-refractivity contribution in [1.29, 1.82) is 0 Å². The zero-order valence-electron chi connectivity index (χ0n) is 20.1. The second-order valence-corrected chi connectivity index (χ2v) is 9.79. The molecular formula is C24H27F3N6O3. The topological polar surface area (TPSA) is 112 Å². The Morgan fingerprint density at radius 2 is 1.78 bits per heavy atom. The number of nitrogens with zero attached hydrogens (tertiary/aromatic N) is 4. The van der Waals surface area contributed by atoms with Gasteiger partial charge >= 0.3 is 12.3 Å². The van der Waals surface area contributed by atoms with Crippen molar-refractivity contribution in [2.45, 2.75) is 45.8 Å². The number of aromatic nitrogens is 3. The minimum Gasteiger partial charge on any atom is -0.465 e. The molecule has 2 amide bonds. The van der Waals surface area contributed by atoms with Gasteiger partial charge < -0.3 is 20.6 Å². The number of rotatable bonds is 4. The molecular weight excluding hydrogens is 477 g/mol. The molecule has 4 rings (SSSR count). The third kappa shape index (κ3) is 5.52. The van der Waals surface area contributed by atoms with Crippen LogP contribution in [0.1, 0.15) is 39.2 Å². The highest BCUT2D eigenvalue weighted by Gasteiger charge is 2.35. The van der Waals surface area contributed by atoms with E-state index >= 15 is 0 Å². The molecule has 3 heterocycles. The molecule has 1 saturated heterocycles. The van der Waals surface area contributed by atoms with E-state index in [9.17, 15) is 22.8 Å². The van der Waals surface area contributed by atoms with Gasteiger partial charge in [0.1, 0.15) is 5.82 Å². The summed E-state index contributed by atoms with van der Waals surface area (Å²) in [4.78, 5) is 29.8. The van der Waals surface area contributed by atoms with Gasteiger partial charge in [-0.05, 0) is 37.1 Å². The molecule has 1 aliphatic heterocycles. The highest BCUT2D eigenvalue weighted by atomic mass is 19.4. The van der Waals surface area contributed by atoms with E-state index in [1.165, 1.54) is 12.1 Å². The van der Waals surface area contributed by atoms with Crippen LogP contribution in [0.25, 0.3) is 16.9 Å². The fourth-order valence-corrected chi connectivity index (χ4v) is 3.97. The van der Waals surface area contributed by atoms with Gasteiger partial charge in [-0.3, -0.25) is 4.79 Å². The predicted octanol–water partition coefficient (Wildman–Crippen LogP) is 4.64. The molecule has 9 nitrogen and oxygen atoms in total. The molecule has 0 saturated carbocycles. The van der Waals surface area contributed by atoms with Crippen molar-refractivity contribution >= 4 is 29.2 Å². The molecule has 2 aromatic heterocycles. The zero-order valence-corrected chi connectivity index (χ0v) is 20.1. The zero-order chi connectivity index (χ0) is 26.3. The van der Waals surface area contributed by atoms with Gasteiger partial charge in [0.05, 0.1) is 23.1 Å². The Bertz CT molecular complexity index is 1290. The van der Waals surface area contributed by atoms with Gasteiger partial charge in [-0.2, -0.15) is 13.2 Å². The van der Waals surface area contributed by atoms with Gasteiger partial charge in [0.2, 0.25) is 5.91 Å². The lowest BCUT2D eigenvalue weighted by Gasteiger charge is -2.32. The number of fused-ring (bicyclic) bond motifs is 1. The predicted molar refractivity (Wildman–Crippen MR) is 128 cm³/mol. The number of nitrogens with one attached hydrogen (secondary N) is 2. The molecule has 3 aromatic rings. The Labute approximate surface area is 205 Å². The van der Waals surface area contributed by atoms with E-state index < -0.39 is 29.2 Å². The van der Waals surface area contributed by atoms with E-state index in [4.69, 9.17) is 5.11 Å². The third-order valence-corrected chi connectivity index (χ3v) is 6.00. The Hall–Kier alpha value is -3.83. The lowest BCUT2D eigenvalue weighted by Crippen LogP contribution is -2.44. The van der Waals surface area contributed by atoms with Crippen molar-refractivity contribution in [3.63, 3.8) is 0 Å². The largest absolute Gasteiger partial charge is 0.465 e. The normalized spacial score (nSPS) is 15.2. The Kier molecular flexibility index (Phi) is 6.54. The molecule has 0 radical (unpaired) electrons. The molecule has 36 heavy (non-hydrogen) atoms. The van der Waals surface area contributed by atoms with Gasteiger partial charge in [0, 0.05) is 30.1 Å². The number of alkyl halides is 3. The van der Waals surface area contributed by atoms with Gasteiger partial charge in [-0.15, -0.1) is 5.10 Å². The summed E-state index contributed by atoms with van der Waals surface area (Å²) >= 11 is 0. The van der Waals surface area contributed by atoms with Gasteiger partial charge in [0.25, 0.3) is 0 Å². The van der Waals surface area contributed by atoms with E-state index in [1.807, 2.05) is 4.90 Å². The summed E-state index contributed by atoms with van der Waals surface area (Å²) < 4.78 is 42.3. The third-order valence-electron chi connectivity index (χ3n) is 6.00. The highest BCUT2D eigenvalue weighted by Crippen LogP contribution is 2.38. The summed E-state index contributed by atoms with van der Waals surface area (Å²) in [5.74, 6) is 0.152. The molecule has 0 spiro atoms. The van der Waals surface area contributed by atoms with Crippen molar-refractivity contribution < 1.29 is 27.9 Å². The SMILES string of the molecule is CC(C)(C)C(=O)Nc1cc(-c2cn3nc(N4CCC(NC(=O)O)CC4)ccc3n2)ccc1C(F)(F)F. The van der Waals surface area contributed by atoms with Crippen LogP contribution in [0.15, 0.2) is 36.5 Å². The van der Waals surface area contributed by atoms with E-state index in [1.54, 1.807) is 43.6 Å². The number of hydrogen-bond donors (Lipinski definition) is 3. The Morgan fingerprint density at radius 1 is 1.08 bits per heavy atom. The summed E-state index contributed by atoms with van der Waals surface area (Å²) in [5.41, 5.74) is -0.821. The maximum atomic E-state index is 13.6. The first-order chi connectivity index (χ1) is 16.8. The minimum absolute atomic E-state index is 0.102. The summed E-state index contributed by atoms with van der Waals surface area (Å²) in [6, 6.07) is 6.99. The molecule has 0 atom stereocenters. The summed E-state index contributed by atoms with van der Waals surface area (Å²) in [5, 5.41) is 18.4. The Morgan fingerprint density at radius 3 is 2.39 bits per heavy atom. The number of benzene rings is 1. The number of anilines is 2. The second-order valence-electron chi connectivity index (χ2n) is 9.79. The number of halogens is 3. The maximum Gasteiger partial charge on any atom is 0.418 e. The first-order valence-corrected chi connectivity index (χ1v) is 11.5. The molecule has 12 heteroatoms. The molecule has 192 valence electrons. The lowest BCUT2D eigenvalue weighted by molar-refractivity contribution is -0.137. The first-order valence-electron chi connectivity index (χ1n) is 11.5. The van der Waals surface area contributed by atoms with Gasteiger partial charge in [0.15, 0.2) is 5.65 Å². The molecule has 3 N–H and O–H groups in total. The van der Waals surface area contributed by atoms with Crippen molar-refractivity contribution in [3.8, 4) is 11.3 Å². The first kappa shape index (κ1) is 25.3. The van der Waals surface area contributed by atoms with E-state index in [0.29, 0.717) is 48.7 Å². The van der Waals surface area contributed by atoms with Crippen LogP contribution in [0.3, 0.4) is 0 Å². The molecule has 1 aliphatic rings. The van der Waals surface area contributed by atoms with Crippen LogP contribution in [0, 0.1) is 5.41 Å². The van der Waals surface area contributed by atoms with Crippen LogP contribution in [-0.4, -0.2) is 50.8 Å². The van der Waals surface area contributed by atoms with Crippen LogP contribution >= 0.6 is 0 Å². The summed E-state index contributed by atoms with van der Waals surface area (Å²) in [7, 11) is 0. The smallest absolute Gasteiger partial charge is 0.418 e. The minimum atomic E-state index is -4.64. The van der Waals surface area contributed by atoms with Crippen LogP contribution < -0.4 is 15.5 Å². The maximum absolute atomic E-state index is 13.6. The van der Waals surface area contributed by atoms with Crippen molar-refractivity contribution in [2.75, 3.05) is 23.3 Å². The fraction of sp³-hybridized carbons (Fsp3) is 0.417. The van der Waals surface area contributed by atoms with Crippen molar-refractivity contribution in [1.82, 2.24) is 19.9 Å². The Balaban J connectivity index is 1.60. The van der Waals surface area contributed by atoms with E-state index in [0.717, 1.165) is 6.07 Å². The summed E-state index contributed by atoms with van der Waals surface area (Å²) in [6.45, 7) is 6.11. The van der Waals surface area contributed by atoms with E-state index in [2.05, 4.69) is 20.7 Å². The fourth-order valence-electron chi connectivity index (χ4n) is 3.97. The number of carbonyl (C=O) groups excluding carboxylic acids is 1.